The zero-order valence-corrected chi connectivity index (χ0v) is 32.3. The van der Waals surface area contributed by atoms with Crippen molar-refractivity contribution in [1.82, 2.24) is 0 Å². The van der Waals surface area contributed by atoms with Crippen LogP contribution in [0.5, 0.6) is 0 Å². The molecule has 270 valence electrons. The van der Waals surface area contributed by atoms with Crippen LogP contribution in [0.1, 0.15) is 59.3 Å². The lowest BCUT2D eigenvalue weighted by molar-refractivity contribution is -0.697. The molecule has 0 N–H and O–H groups in total. The molecule has 0 radical (unpaired) electrons. The Morgan fingerprint density at radius 2 is 0.444 bits per heavy atom. The van der Waals surface area contributed by atoms with E-state index >= 15 is 0 Å². The van der Waals surface area contributed by atoms with Crippen molar-refractivity contribution in [3.63, 3.8) is 0 Å². The molecule has 0 aliphatic rings. The van der Waals surface area contributed by atoms with Crippen LogP contribution >= 0.6 is 0 Å². The number of unbranched alkanes of at least 4 members (excludes halogenated alkanes) is 3. The molecular weight excluding hydrogens is 655 g/mol. The zero-order chi connectivity index (χ0) is 37.1. The molecule has 4 aromatic carbocycles. The summed E-state index contributed by atoms with van der Waals surface area (Å²) >= 11 is 0. The second-order valence-electron chi connectivity index (χ2n) is 14.6. The van der Waals surface area contributed by atoms with Gasteiger partial charge in [-0.2, -0.15) is 0 Å². The van der Waals surface area contributed by atoms with Crippen molar-refractivity contribution in [3.8, 4) is 66.8 Å². The van der Waals surface area contributed by atoms with E-state index in [9.17, 15) is 0 Å². The Morgan fingerprint density at radius 3 is 0.648 bits per heavy atom. The van der Waals surface area contributed by atoms with E-state index < -0.39 is 0 Å². The molecule has 0 unspecified atom stereocenters. The first-order chi connectivity index (χ1) is 26.6. The van der Waals surface area contributed by atoms with Crippen molar-refractivity contribution in [3.05, 3.63) is 165 Å². The number of aromatic nitrogens is 3. The van der Waals surface area contributed by atoms with Crippen LogP contribution in [0.3, 0.4) is 0 Å². The maximum absolute atomic E-state index is 2.35. The van der Waals surface area contributed by atoms with Crippen LogP contribution in [0, 0.1) is 0 Å². The van der Waals surface area contributed by atoms with E-state index in [4.69, 9.17) is 0 Å². The molecule has 0 bridgehead atoms. The predicted molar refractivity (Wildman–Crippen MR) is 224 cm³/mol. The average Bonchev–Trinajstić information content (AvgIpc) is 3.25. The third kappa shape index (κ3) is 9.09. The van der Waals surface area contributed by atoms with Crippen LogP contribution in [0.4, 0.5) is 0 Å². The van der Waals surface area contributed by atoms with E-state index in [0.29, 0.717) is 0 Å². The van der Waals surface area contributed by atoms with Gasteiger partial charge in [-0.1, -0.05) is 113 Å². The van der Waals surface area contributed by atoms with Crippen molar-refractivity contribution in [1.29, 1.82) is 0 Å². The molecule has 0 atom stereocenters. The molecule has 0 amide bonds. The average molecular weight is 709 g/mol. The monoisotopic (exact) mass is 708 g/mol. The van der Waals surface area contributed by atoms with Crippen molar-refractivity contribution in [2.24, 2.45) is 0 Å². The minimum Gasteiger partial charge on any atom is -0.205 e. The molecular formula is C51H54N3+3. The lowest BCUT2D eigenvalue weighted by atomic mass is 9.91. The molecule has 3 heterocycles. The topological polar surface area (TPSA) is 11.6 Å². The summed E-state index contributed by atoms with van der Waals surface area (Å²) in [5.74, 6) is 0. The second kappa shape index (κ2) is 17.9. The Hall–Kier alpha value is -5.67. The van der Waals surface area contributed by atoms with Gasteiger partial charge in [0.05, 0.1) is 0 Å². The number of aryl methyl sites for hydroxylation is 3. The Kier molecular flexibility index (Phi) is 12.2. The van der Waals surface area contributed by atoms with Gasteiger partial charge >= 0.3 is 0 Å². The van der Waals surface area contributed by atoms with Gasteiger partial charge in [0.1, 0.15) is 19.6 Å². The van der Waals surface area contributed by atoms with Gasteiger partial charge in [0.2, 0.25) is 0 Å². The lowest BCUT2D eigenvalue weighted by Crippen LogP contribution is -2.32. The fraction of sp³-hybridized carbons (Fsp3) is 0.235. The van der Waals surface area contributed by atoms with E-state index in [1.807, 2.05) is 0 Å². The smallest absolute Gasteiger partial charge is 0.169 e. The van der Waals surface area contributed by atoms with Crippen molar-refractivity contribution >= 4 is 0 Å². The van der Waals surface area contributed by atoms with Crippen molar-refractivity contribution in [2.75, 3.05) is 0 Å². The summed E-state index contributed by atoms with van der Waals surface area (Å²) in [6, 6.07) is 47.6. The van der Waals surface area contributed by atoms with Crippen molar-refractivity contribution < 1.29 is 13.7 Å². The molecule has 3 heteroatoms. The largest absolute Gasteiger partial charge is 0.205 e. The summed E-state index contributed by atoms with van der Waals surface area (Å²) in [6.45, 7) is 9.92. The lowest BCUT2D eigenvalue weighted by Gasteiger charge is -2.13. The van der Waals surface area contributed by atoms with Crippen molar-refractivity contribution in [2.45, 2.75) is 78.9 Å². The first-order valence-electron chi connectivity index (χ1n) is 20.0. The minimum atomic E-state index is 1.07. The molecule has 3 aromatic heterocycles. The molecule has 0 aliphatic heterocycles. The first-order valence-corrected chi connectivity index (χ1v) is 20.0. The molecule has 0 aliphatic carbocycles. The molecule has 54 heavy (non-hydrogen) atoms. The normalized spacial score (nSPS) is 11.2. The van der Waals surface area contributed by atoms with E-state index in [0.717, 1.165) is 19.6 Å². The molecule has 0 saturated heterocycles. The van der Waals surface area contributed by atoms with Crippen LogP contribution in [0.15, 0.2) is 165 Å². The summed E-state index contributed by atoms with van der Waals surface area (Å²) in [5, 5.41) is 0. The number of pyridine rings is 3. The Morgan fingerprint density at radius 1 is 0.259 bits per heavy atom. The molecule has 3 nitrogen and oxygen atoms in total. The first kappa shape index (κ1) is 36.7. The van der Waals surface area contributed by atoms with Crippen LogP contribution in [-0.4, -0.2) is 0 Å². The van der Waals surface area contributed by atoms with Gasteiger partial charge in [-0.3, -0.25) is 0 Å². The van der Waals surface area contributed by atoms with E-state index in [-0.39, 0.29) is 0 Å². The highest BCUT2D eigenvalue weighted by Crippen LogP contribution is 2.35. The summed E-state index contributed by atoms with van der Waals surface area (Å²) in [4.78, 5) is 0. The van der Waals surface area contributed by atoms with Crippen LogP contribution in [0.2, 0.25) is 0 Å². The molecule has 7 rings (SSSR count). The molecule has 0 fully saturated rings. The quantitative estimate of drug-likeness (QED) is 0.0940. The van der Waals surface area contributed by atoms with E-state index in [1.165, 1.54) is 105 Å². The zero-order valence-electron chi connectivity index (χ0n) is 32.3. The maximum atomic E-state index is 2.35. The molecule has 7 aromatic rings. The van der Waals surface area contributed by atoms with Crippen LogP contribution < -0.4 is 13.7 Å². The third-order valence-electron chi connectivity index (χ3n) is 10.6. The summed E-state index contributed by atoms with van der Waals surface area (Å²) < 4.78 is 6.83. The summed E-state index contributed by atoms with van der Waals surface area (Å²) in [6.07, 6.45) is 20.4. The number of nitrogens with zero attached hydrogens (tertiary/aromatic N) is 3. The standard InChI is InChI=1S/C51H54N3/c1-4-7-28-52-31-22-46(23-32-52)40-10-16-43(17-11-40)49-37-50(44-18-12-41(13-19-44)47-24-33-53(34-25-47)29-8-5-2)39-51(38-49)45-20-14-42(15-21-45)48-26-35-54(36-27-48)30-9-6-3/h10-27,31-39H,4-9,28-30H2,1-3H3/q+3. The van der Waals surface area contributed by atoms with E-state index in [1.54, 1.807) is 0 Å². The van der Waals surface area contributed by atoms with E-state index in [2.05, 4.69) is 199 Å². The van der Waals surface area contributed by atoms with Gasteiger partial charge in [-0.05, 0) is 85.0 Å². The SMILES string of the molecule is CCCC[n+]1ccc(-c2ccc(-c3cc(-c4ccc(-c5cc[n+](CCCC)cc5)cc4)cc(-c4ccc(-c5cc[n+](CCCC)cc5)cc4)c3)cc2)cc1. The number of hydrogen-bond donors (Lipinski definition) is 0. The highest BCUT2D eigenvalue weighted by molar-refractivity contribution is 5.83. The Bertz CT molecular complexity index is 1940. The maximum Gasteiger partial charge on any atom is 0.169 e. The molecule has 0 spiro atoms. The fourth-order valence-electron chi connectivity index (χ4n) is 7.11. The van der Waals surface area contributed by atoms with Crippen LogP contribution in [0.25, 0.3) is 66.8 Å². The summed E-state index contributed by atoms with van der Waals surface area (Å²) in [7, 11) is 0. The number of rotatable bonds is 15. The molecule has 0 saturated carbocycles. The Balaban J connectivity index is 1.19. The summed E-state index contributed by atoms with van der Waals surface area (Å²) in [5.41, 5.74) is 14.7. The van der Waals surface area contributed by atoms with Gasteiger partial charge in [0, 0.05) is 55.7 Å². The van der Waals surface area contributed by atoms with Crippen LogP contribution in [-0.2, 0) is 19.6 Å². The third-order valence-corrected chi connectivity index (χ3v) is 10.6. The second-order valence-corrected chi connectivity index (χ2v) is 14.6. The number of hydrogen-bond acceptors (Lipinski definition) is 0. The fourth-order valence-corrected chi connectivity index (χ4v) is 7.11. The van der Waals surface area contributed by atoms with Gasteiger partial charge in [0.25, 0.3) is 0 Å². The minimum absolute atomic E-state index is 1.07. The highest BCUT2D eigenvalue weighted by Gasteiger charge is 2.11. The number of benzene rings is 4. The highest BCUT2D eigenvalue weighted by atomic mass is 14.9. The predicted octanol–water partition coefficient (Wildman–Crippen LogP) is 12.0. The van der Waals surface area contributed by atoms with Gasteiger partial charge in [0.15, 0.2) is 37.2 Å². The van der Waals surface area contributed by atoms with Gasteiger partial charge in [-0.15, -0.1) is 0 Å². The van der Waals surface area contributed by atoms with Gasteiger partial charge in [-0.25, -0.2) is 13.7 Å². The van der Waals surface area contributed by atoms with Gasteiger partial charge < -0.3 is 0 Å². The Labute approximate surface area is 322 Å².